The smallest absolute Gasteiger partial charge is 0 e. The van der Waals surface area contributed by atoms with Crippen LogP contribution < -0.4 is 12.6 Å². The van der Waals surface area contributed by atoms with Crippen molar-refractivity contribution in [1.82, 2.24) is 0 Å². The van der Waals surface area contributed by atoms with Gasteiger partial charge in [-0.05, 0) is 0 Å². The molecule has 0 aromatic heterocycles. The monoisotopic (exact) mass is 549 g/mol. The Morgan fingerprint density at radius 1 is 0.438 bits per heavy atom. The van der Waals surface area contributed by atoms with Crippen LogP contribution in [-0.4, -0.2) is 0 Å². The average molecular weight is 547 g/mol. The topological polar surface area (TPSA) is 223 Å². The average Bonchev–Trinajstić information content (AvgIpc) is 1.41. The molecule has 0 fully saturated rings. The summed E-state index contributed by atoms with van der Waals surface area (Å²) in [4.78, 5) is 0. The van der Waals surface area contributed by atoms with Gasteiger partial charge in [-0.1, -0.05) is 0 Å². The molecular formula is Mn3O12Os-3. The maximum Gasteiger partial charge on any atom is 0 e. The third-order valence-electron chi connectivity index (χ3n) is 0. The van der Waals surface area contributed by atoms with Crippen molar-refractivity contribution in [2.75, 3.05) is 0 Å². The van der Waals surface area contributed by atoms with E-state index in [0.717, 1.165) is 0 Å². The minimum absolute atomic E-state index is 0. The van der Waals surface area contributed by atoms with E-state index >= 15 is 0 Å². The van der Waals surface area contributed by atoms with E-state index in [1.165, 1.54) is 0 Å². The summed E-state index contributed by atoms with van der Waals surface area (Å²) >= 11 is -16.9. The van der Waals surface area contributed by atoms with Gasteiger partial charge in [-0.15, -0.1) is 0 Å². The molecule has 16 heteroatoms. The Morgan fingerprint density at radius 2 is 0.438 bits per heavy atom. The van der Waals surface area contributed by atoms with Crippen LogP contribution in [-0.2, 0) is 93.2 Å². The summed E-state index contributed by atoms with van der Waals surface area (Å²) in [6.07, 6.45) is 0. The van der Waals surface area contributed by atoms with Gasteiger partial charge in [0, 0.05) is 19.8 Å². The minimum Gasteiger partial charge on any atom is 0 e. The first-order valence-corrected chi connectivity index (χ1v) is 7.63. The maximum atomic E-state index is 8.58. The van der Waals surface area contributed by atoms with Crippen molar-refractivity contribution in [3.63, 3.8) is 0 Å². The van der Waals surface area contributed by atoms with Crippen LogP contribution in [0.25, 0.3) is 0 Å². The van der Waals surface area contributed by atoms with Gasteiger partial charge in [0.2, 0.25) is 0 Å². The van der Waals surface area contributed by atoms with Gasteiger partial charge < -0.3 is 0 Å². The van der Waals surface area contributed by atoms with E-state index in [9.17, 15) is 0 Å². The van der Waals surface area contributed by atoms with Gasteiger partial charge in [0.05, 0.1) is 0 Å². The molecule has 0 spiro atoms. The van der Waals surface area contributed by atoms with Crippen molar-refractivity contribution in [3.05, 3.63) is 0 Å². The Balaban J connectivity index is -0.0000000655. The number of rotatable bonds is 0. The molecule has 0 saturated heterocycles. The van der Waals surface area contributed by atoms with Crippen molar-refractivity contribution >= 4 is 0 Å². The molecular weight excluding hydrogens is 547 g/mol. The SMILES string of the molecule is [O]=[Mn](=[O])(=[O])[O-].[O]=[Mn](=[O])(=[O])[O-].[O]=[Mn](=[O])(=[O])[O-].[Os]. The summed E-state index contributed by atoms with van der Waals surface area (Å²) in [6.45, 7) is 0. The van der Waals surface area contributed by atoms with Gasteiger partial charge in [0.25, 0.3) is 0 Å². The van der Waals surface area contributed by atoms with Crippen LogP contribution in [0.15, 0.2) is 0 Å². The Labute approximate surface area is 105 Å². The number of hydrogen-bond acceptors (Lipinski definition) is 12. The Morgan fingerprint density at radius 3 is 0.438 bits per heavy atom. The molecule has 0 aliphatic carbocycles. The van der Waals surface area contributed by atoms with Crippen LogP contribution >= 0.6 is 0 Å². The van der Waals surface area contributed by atoms with Crippen LogP contribution in [0.3, 0.4) is 0 Å². The van der Waals surface area contributed by atoms with Gasteiger partial charge in [-0.3, -0.25) is 0 Å². The molecule has 12 nitrogen and oxygen atoms in total. The molecule has 0 unspecified atom stereocenters. The van der Waals surface area contributed by atoms with Crippen LogP contribution in [0, 0.1) is 0 Å². The first-order chi connectivity index (χ1) is 6.00. The molecule has 0 aromatic carbocycles. The molecule has 0 aromatic rings. The molecule has 104 valence electrons. The zero-order valence-corrected chi connectivity index (χ0v) is 12.5. The fraction of sp³-hybridized carbons (Fsp3) is 0. The van der Waals surface area contributed by atoms with Crippen LogP contribution in [0.2, 0.25) is 0 Å². The Bertz CT molecular complexity index is 480. The summed E-state index contributed by atoms with van der Waals surface area (Å²) in [7, 11) is 0. The molecule has 16 heavy (non-hydrogen) atoms. The van der Waals surface area contributed by atoms with Crippen LogP contribution in [0.4, 0.5) is 0 Å². The molecule has 0 radical (unpaired) electrons. The fourth-order valence-electron chi connectivity index (χ4n) is 0. The van der Waals surface area contributed by atoms with Crippen molar-refractivity contribution < 1.29 is 106 Å². The van der Waals surface area contributed by atoms with Gasteiger partial charge in [0.15, 0.2) is 0 Å². The van der Waals surface area contributed by atoms with Crippen LogP contribution in [0.5, 0.6) is 0 Å². The normalized spacial score (nSPS) is 10.7. The molecule has 0 N–H and O–H groups in total. The first-order valence-electron chi connectivity index (χ1n) is 1.85. The molecule has 0 rings (SSSR count). The molecule has 0 aliphatic heterocycles. The van der Waals surface area contributed by atoms with Crippen molar-refractivity contribution in [2.45, 2.75) is 0 Å². The largest absolute Gasteiger partial charge is 0 e. The zero-order chi connectivity index (χ0) is 13.5. The van der Waals surface area contributed by atoms with E-state index in [1.807, 2.05) is 0 Å². The van der Waals surface area contributed by atoms with Crippen molar-refractivity contribution in [1.29, 1.82) is 0 Å². The quantitative estimate of drug-likeness (QED) is 0.261. The third kappa shape index (κ3) is 33300. The summed E-state index contributed by atoms with van der Waals surface area (Å²) in [6, 6.07) is 0. The third-order valence-corrected chi connectivity index (χ3v) is 0. The number of hydrogen-bond donors (Lipinski definition) is 0. The molecule has 0 heterocycles. The van der Waals surface area contributed by atoms with E-state index < -0.39 is 38.9 Å². The Kier molecular flexibility index (Phi) is 14.7. The predicted molar refractivity (Wildman–Crippen MR) is 6.18 cm³/mol. The first kappa shape index (κ1) is 25.2. The maximum absolute atomic E-state index is 8.58. The summed E-state index contributed by atoms with van der Waals surface area (Å²) in [5, 5.41) is 0. The van der Waals surface area contributed by atoms with Gasteiger partial charge in [0.1, 0.15) is 0 Å². The van der Waals surface area contributed by atoms with Crippen molar-refractivity contribution in [2.24, 2.45) is 0 Å². The van der Waals surface area contributed by atoms with Gasteiger partial charge >= 0.3 is 86.0 Å². The molecule has 0 saturated carbocycles. The van der Waals surface area contributed by atoms with E-state index in [2.05, 4.69) is 0 Å². The van der Waals surface area contributed by atoms with Gasteiger partial charge in [-0.25, -0.2) is 0 Å². The molecule has 0 bridgehead atoms. The standard InChI is InChI=1S/3Mn.12O.Os/q;;;;;;;;;;;;3*-1;. The van der Waals surface area contributed by atoms with E-state index in [-0.39, 0.29) is 19.8 Å². The molecule has 0 atom stereocenters. The van der Waals surface area contributed by atoms with E-state index in [4.69, 9.17) is 47.1 Å². The van der Waals surface area contributed by atoms with E-state index in [1.54, 1.807) is 0 Å². The molecule has 0 aliphatic rings. The fourth-order valence-corrected chi connectivity index (χ4v) is 0. The van der Waals surface area contributed by atoms with E-state index in [0.29, 0.717) is 0 Å². The van der Waals surface area contributed by atoms with Gasteiger partial charge in [-0.2, -0.15) is 0 Å². The van der Waals surface area contributed by atoms with Crippen molar-refractivity contribution in [3.8, 4) is 0 Å². The predicted octanol–water partition coefficient (Wildman–Crippen LogP) is -4.65. The Hall–Kier alpha value is 0.275. The summed E-state index contributed by atoms with van der Waals surface area (Å²) in [5.74, 6) is 0. The summed E-state index contributed by atoms with van der Waals surface area (Å²) in [5.41, 5.74) is 0. The second-order valence-electron chi connectivity index (χ2n) is 1.13. The zero-order valence-electron chi connectivity index (χ0n) is 6.39. The second-order valence-corrected chi connectivity index (χ2v) is 4.68. The second kappa shape index (κ2) is 9.32. The van der Waals surface area contributed by atoms with Crippen LogP contribution in [0.1, 0.15) is 0 Å². The minimum atomic E-state index is -5.62. The summed E-state index contributed by atoms with van der Waals surface area (Å²) < 4.78 is 103. The molecule has 0 amide bonds.